The van der Waals surface area contributed by atoms with E-state index in [9.17, 15) is 17.6 Å². The van der Waals surface area contributed by atoms with Crippen LogP contribution in [0.2, 0.25) is 0 Å². The van der Waals surface area contributed by atoms with Gasteiger partial charge in [-0.3, -0.25) is 0 Å². The number of sulfone groups is 1. The lowest BCUT2D eigenvalue weighted by molar-refractivity contribution is -0.110. The Morgan fingerprint density at radius 3 is 2.28 bits per heavy atom. The van der Waals surface area contributed by atoms with E-state index in [-0.39, 0.29) is 0 Å². The molecule has 0 spiro atoms. The number of hydrogen-bond donors (Lipinski definition) is 0. The third-order valence-corrected chi connectivity index (χ3v) is 4.84. The Morgan fingerprint density at radius 1 is 1.39 bits per heavy atom. The van der Waals surface area contributed by atoms with E-state index in [4.69, 9.17) is 5.26 Å². The van der Waals surface area contributed by atoms with Crippen molar-refractivity contribution >= 4 is 16.1 Å². The molecule has 2 rings (SSSR count). The Labute approximate surface area is 104 Å². The number of nitriles is 1. The summed E-state index contributed by atoms with van der Waals surface area (Å²) in [7, 11) is -3.52. The second-order valence-corrected chi connectivity index (χ2v) is 6.61. The van der Waals surface area contributed by atoms with Crippen molar-refractivity contribution in [2.75, 3.05) is 6.26 Å². The van der Waals surface area contributed by atoms with Gasteiger partial charge in [-0.2, -0.15) is 5.26 Å². The van der Waals surface area contributed by atoms with Crippen LogP contribution in [0.5, 0.6) is 0 Å². The largest absolute Gasteiger partial charge is 0.302 e. The van der Waals surface area contributed by atoms with Gasteiger partial charge >= 0.3 is 0 Å². The molecule has 0 aliphatic heterocycles. The molecular weight excluding hydrogens is 257 g/mol. The molecule has 0 aromatic heterocycles. The van der Waals surface area contributed by atoms with Gasteiger partial charge < -0.3 is 4.79 Å². The lowest BCUT2D eigenvalue weighted by atomic mass is 10.0. The highest BCUT2D eigenvalue weighted by Crippen LogP contribution is 2.61. The number of rotatable bonds is 3. The molecule has 1 fully saturated rings. The van der Waals surface area contributed by atoms with E-state index in [0.717, 1.165) is 6.26 Å². The first-order valence-electron chi connectivity index (χ1n) is 5.18. The van der Waals surface area contributed by atoms with Gasteiger partial charge in [-0.05, 0) is 17.7 Å². The van der Waals surface area contributed by atoms with Crippen LogP contribution in [0.3, 0.4) is 0 Å². The third kappa shape index (κ3) is 1.71. The van der Waals surface area contributed by atoms with Crippen LogP contribution in [0.4, 0.5) is 4.39 Å². The van der Waals surface area contributed by atoms with Gasteiger partial charge in [0.15, 0.2) is 9.84 Å². The molecule has 0 amide bonds. The minimum Gasteiger partial charge on any atom is -0.302 e. The minimum atomic E-state index is -3.52. The number of carbonyl (C=O) groups excluding carboxylic acids is 1. The molecule has 1 aromatic carbocycles. The summed E-state index contributed by atoms with van der Waals surface area (Å²) < 4.78 is 36.0. The van der Waals surface area contributed by atoms with Gasteiger partial charge in [-0.1, -0.05) is 12.1 Å². The van der Waals surface area contributed by atoms with E-state index in [0.29, 0.717) is 11.8 Å². The van der Waals surface area contributed by atoms with Crippen molar-refractivity contribution in [3.05, 3.63) is 35.6 Å². The van der Waals surface area contributed by atoms with Crippen LogP contribution in [0.25, 0.3) is 0 Å². The van der Waals surface area contributed by atoms with Crippen LogP contribution >= 0.6 is 0 Å². The number of hydrogen-bond acceptors (Lipinski definition) is 4. The molecule has 0 N–H and O–H groups in total. The number of benzene rings is 1. The molecule has 0 saturated heterocycles. The first kappa shape index (κ1) is 12.7. The Balaban J connectivity index is 2.49. The molecule has 4 nitrogen and oxygen atoms in total. The van der Waals surface area contributed by atoms with Crippen molar-refractivity contribution in [2.24, 2.45) is 5.41 Å². The van der Waals surface area contributed by atoms with Crippen LogP contribution < -0.4 is 0 Å². The van der Waals surface area contributed by atoms with Crippen molar-refractivity contribution in [2.45, 2.75) is 11.2 Å². The fourth-order valence-corrected chi connectivity index (χ4v) is 4.16. The maximum Gasteiger partial charge on any atom is 0.153 e. The van der Waals surface area contributed by atoms with Crippen LogP contribution in [0.15, 0.2) is 24.3 Å². The third-order valence-electron chi connectivity index (χ3n) is 3.26. The fourth-order valence-electron chi connectivity index (χ4n) is 2.40. The zero-order chi connectivity index (χ0) is 13.6. The quantitative estimate of drug-likeness (QED) is 0.767. The van der Waals surface area contributed by atoms with Crippen LogP contribution in [-0.2, 0) is 14.6 Å². The van der Waals surface area contributed by atoms with Crippen molar-refractivity contribution in [1.29, 1.82) is 5.26 Å². The van der Waals surface area contributed by atoms with E-state index < -0.39 is 32.2 Å². The summed E-state index contributed by atoms with van der Waals surface area (Å²) in [5.74, 6) is -1.17. The van der Waals surface area contributed by atoms with E-state index in [1.165, 1.54) is 24.3 Å². The number of carbonyl (C=O) groups is 1. The van der Waals surface area contributed by atoms with Crippen LogP contribution in [-0.4, -0.2) is 26.2 Å². The highest BCUT2D eigenvalue weighted by atomic mass is 32.2. The average molecular weight is 267 g/mol. The maximum atomic E-state index is 12.8. The van der Waals surface area contributed by atoms with Gasteiger partial charge in [-0.15, -0.1) is 0 Å². The highest BCUT2D eigenvalue weighted by Gasteiger charge is 2.71. The summed E-state index contributed by atoms with van der Waals surface area (Å²) in [6.45, 7) is 0. The van der Waals surface area contributed by atoms with Gasteiger partial charge in [0.2, 0.25) is 0 Å². The molecule has 0 heterocycles. The molecule has 0 unspecified atom stereocenters. The van der Waals surface area contributed by atoms with Crippen molar-refractivity contribution in [1.82, 2.24) is 0 Å². The Hall–Kier alpha value is -1.74. The summed E-state index contributed by atoms with van der Waals surface area (Å²) in [6, 6.07) is 6.95. The standard InChI is InChI=1S/C12H10FNO3S/c1-18(16,17)11-10(12(11,6-14)7-15)8-2-4-9(13)5-3-8/h2-5,7,10-11H,1H3/t10-,11-,12-/m0/s1. The van der Waals surface area contributed by atoms with E-state index in [1.54, 1.807) is 6.07 Å². The molecule has 1 aliphatic rings. The molecule has 18 heavy (non-hydrogen) atoms. The molecule has 1 aliphatic carbocycles. The highest BCUT2D eigenvalue weighted by molar-refractivity contribution is 7.91. The van der Waals surface area contributed by atoms with Gasteiger partial charge in [-0.25, -0.2) is 12.8 Å². The van der Waals surface area contributed by atoms with Crippen molar-refractivity contribution < 1.29 is 17.6 Å². The number of nitrogens with zero attached hydrogens (tertiary/aromatic N) is 1. The lowest BCUT2D eigenvalue weighted by Gasteiger charge is -1.99. The topological polar surface area (TPSA) is 75.0 Å². The number of halogens is 1. The first-order chi connectivity index (χ1) is 8.36. The molecule has 0 radical (unpaired) electrons. The van der Waals surface area contributed by atoms with Gasteiger partial charge in [0.25, 0.3) is 0 Å². The zero-order valence-corrected chi connectivity index (χ0v) is 10.3. The molecule has 6 heteroatoms. The Morgan fingerprint density at radius 2 is 1.94 bits per heavy atom. The average Bonchev–Trinajstić information content (AvgIpc) is 3.00. The summed E-state index contributed by atoms with van der Waals surface area (Å²) in [4.78, 5) is 11.1. The minimum absolute atomic E-state index is 0.382. The fraction of sp³-hybridized carbons (Fsp3) is 0.333. The smallest absolute Gasteiger partial charge is 0.153 e. The Kier molecular flexibility index (Phi) is 2.74. The molecule has 1 saturated carbocycles. The van der Waals surface area contributed by atoms with Gasteiger partial charge in [0, 0.05) is 12.2 Å². The van der Waals surface area contributed by atoms with Gasteiger partial charge in [0.1, 0.15) is 17.5 Å². The number of aldehydes is 1. The zero-order valence-electron chi connectivity index (χ0n) is 9.50. The molecular formula is C12H10FNO3S. The van der Waals surface area contributed by atoms with E-state index in [2.05, 4.69) is 0 Å². The monoisotopic (exact) mass is 267 g/mol. The summed E-state index contributed by atoms with van der Waals surface area (Å²) in [6.07, 6.45) is 1.38. The molecule has 3 atom stereocenters. The molecule has 94 valence electrons. The summed E-state index contributed by atoms with van der Waals surface area (Å²) >= 11 is 0. The van der Waals surface area contributed by atoms with Crippen LogP contribution in [0.1, 0.15) is 11.5 Å². The van der Waals surface area contributed by atoms with Crippen LogP contribution in [0, 0.1) is 22.6 Å². The summed E-state index contributed by atoms with van der Waals surface area (Å²) in [5.41, 5.74) is -1.05. The summed E-state index contributed by atoms with van der Waals surface area (Å²) in [5, 5.41) is 8.01. The van der Waals surface area contributed by atoms with E-state index >= 15 is 0 Å². The van der Waals surface area contributed by atoms with Gasteiger partial charge in [0.05, 0.1) is 11.3 Å². The van der Waals surface area contributed by atoms with E-state index in [1.807, 2.05) is 0 Å². The van der Waals surface area contributed by atoms with Crippen molar-refractivity contribution in [3.8, 4) is 6.07 Å². The molecule has 1 aromatic rings. The van der Waals surface area contributed by atoms with Crippen molar-refractivity contribution in [3.63, 3.8) is 0 Å². The maximum absolute atomic E-state index is 12.8. The normalized spacial score (nSPS) is 30.5. The first-order valence-corrected chi connectivity index (χ1v) is 7.14. The predicted molar refractivity (Wildman–Crippen MR) is 61.9 cm³/mol. The lowest BCUT2D eigenvalue weighted by Crippen LogP contribution is -2.14. The molecule has 0 bridgehead atoms. The predicted octanol–water partition coefficient (Wildman–Crippen LogP) is 1.04. The second-order valence-electron chi connectivity index (χ2n) is 4.44. The SMILES string of the molecule is CS(=O)(=O)[C@H]1[C@H](c2ccc(F)cc2)[C@]1(C#N)C=O. The second kappa shape index (κ2) is 3.89. The Bertz CT molecular complexity index is 632.